The topological polar surface area (TPSA) is 68.1 Å². The molecule has 22 heavy (non-hydrogen) atoms. The maximum absolute atomic E-state index is 11.8. The quantitative estimate of drug-likeness (QED) is 0.602. The van der Waals surface area contributed by atoms with Gasteiger partial charge in [-0.1, -0.05) is 25.9 Å². The second kappa shape index (κ2) is 6.85. The van der Waals surface area contributed by atoms with E-state index in [-0.39, 0.29) is 29.7 Å². The largest absolute Gasteiger partial charge is 0.507 e. The molecule has 6 heteroatoms. The zero-order chi connectivity index (χ0) is 16.3. The third-order valence-corrected chi connectivity index (χ3v) is 3.94. The lowest BCUT2D eigenvalue weighted by Crippen LogP contribution is -2.22. The van der Waals surface area contributed by atoms with Crippen LogP contribution in [-0.2, 0) is 14.4 Å². The molecule has 0 fully saturated rings. The van der Waals surface area contributed by atoms with Gasteiger partial charge in [-0.2, -0.15) is 0 Å². The van der Waals surface area contributed by atoms with Crippen molar-refractivity contribution in [3.63, 3.8) is 0 Å². The van der Waals surface area contributed by atoms with Crippen LogP contribution in [0.3, 0.4) is 0 Å². The molecule has 0 spiro atoms. The standard InChI is InChI=1S/C16H20INO4/c1-16(2,3)9-21-15(20)8-11-7-13(18-22-11)10-4-5-14(19)12(17)6-10/h4-6,11,19H,7-9H2,1-3H3. The van der Waals surface area contributed by atoms with Gasteiger partial charge >= 0.3 is 5.97 Å². The van der Waals surface area contributed by atoms with E-state index in [0.29, 0.717) is 13.0 Å². The molecule has 0 aliphatic carbocycles. The fraction of sp³-hybridized carbons (Fsp3) is 0.500. The Hall–Kier alpha value is -1.31. The number of nitrogens with zero attached hydrogens (tertiary/aromatic N) is 1. The normalized spacial score (nSPS) is 17.8. The number of oxime groups is 1. The molecular formula is C16H20INO4. The zero-order valence-corrected chi connectivity index (χ0v) is 15.1. The first-order chi connectivity index (χ1) is 10.2. The van der Waals surface area contributed by atoms with Crippen molar-refractivity contribution >= 4 is 34.3 Å². The fourth-order valence-electron chi connectivity index (χ4n) is 1.94. The number of rotatable bonds is 4. The molecule has 0 bridgehead atoms. The van der Waals surface area contributed by atoms with Crippen molar-refractivity contribution in [3.05, 3.63) is 27.3 Å². The molecule has 1 aliphatic heterocycles. The highest BCUT2D eigenvalue weighted by Gasteiger charge is 2.26. The molecule has 1 heterocycles. The number of hydrogen-bond donors (Lipinski definition) is 1. The first kappa shape index (κ1) is 17.1. The highest BCUT2D eigenvalue weighted by molar-refractivity contribution is 14.1. The first-order valence-corrected chi connectivity index (χ1v) is 8.20. The second-order valence-electron chi connectivity index (χ2n) is 6.56. The minimum Gasteiger partial charge on any atom is -0.507 e. The van der Waals surface area contributed by atoms with E-state index in [1.165, 1.54) is 0 Å². The van der Waals surface area contributed by atoms with Crippen molar-refractivity contribution in [1.82, 2.24) is 0 Å². The van der Waals surface area contributed by atoms with Crippen molar-refractivity contribution in [1.29, 1.82) is 0 Å². The molecule has 1 N–H and O–H groups in total. The summed E-state index contributed by atoms with van der Waals surface area (Å²) >= 11 is 2.06. The van der Waals surface area contributed by atoms with Crippen LogP contribution in [0.5, 0.6) is 5.75 Å². The molecule has 0 radical (unpaired) electrons. The lowest BCUT2D eigenvalue weighted by atomic mass is 9.98. The predicted octanol–water partition coefficient (Wildman–Crippen LogP) is 3.47. The van der Waals surface area contributed by atoms with Gasteiger partial charge < -0.3 is 14.7 Å². The van der Waals surface area contributed by atoms with Gasteiger partial charge in [0.15, 0.2) is 0 Å². The number of phenolic OH excluding ortho intramolecular Hbond substituents is 1. The Morgan fingerprint density at radius 2 is 2.23 bits per heavy atom. The van der Waals surface area contributed by atoms with Crippen LogP contribution in [0.15, 0.2) is 23.4 Å². The van der Waals surface area contributed by atoms with E-state index in [1.807, 2.05) is 26.8 Å². The molecule has 2 rings (SSSR count). The van der Waals surface area contributed by atoms with Gasteiger partial charge in [0.25, 0.3) is 0 Å². The molecule has 5 nitrogen and oxygen atoms in total. The van der Waals surface area contributed by atoms with Crippen LogP contribution in [0.25, 0.3) is 0 Å². The van der Waals surface area contributed by atoms with Gasteiger partial charge in [-0.3, -0.25) is 4.79 Å². The number of hydrogen-bond acceptors (Lipinski definition) is 5. The number of carbonyl (C=O) groups is 1. The highest BCUT2D eigenvalue weighted by Crippen LogP contribution is 2.25. The van der Waals surface area contributed by atoms with Crippen LogP contribution < -0.4 is 0 Å². The Morgan fingerprint density at radius 3 is 2.86 bits per heavy atom. The maximum atomic E-state index is 11.8. The van der Waals surface area contributed by atoms with Gasteiger partial charge in [0, 0.05) is 12.0 Å². The molecule has 1 aliphatic rings. The lowest BCUT2D eigenvalue weighted by molar-refractivity contribution is -0.149. The molecule has 1 unspecified atom stereocenters. The summed E-state index contributed by atoms with van der Waals surface area (Å²) in [7, 11) is 0. The van der Waals surface area contributed by atoms with Crippen LogP contribution in [0.2, 0.25) is 0 Å². The van der Waals surface area contributed by atoms with Gasteiger partial charge in [-0.15, -0.1) is 0 Å². The lowest BCUT2D eigenvalue weighted by Gasteiger charge is -2.18. The summed E-state index contributed by atoms with van der Waals surface area (Å²) in [4.78, 5) is 17.1. The molecule has 0 saturated heterocycles. The van der Waals surface area contributed by atoms with Gasteiger partial charge in [0.1, 0.15) is 11.9 Å². The van der Waals surface area contributed by atoms with Crippen LogP contribution in [0.1, 0.15) is 39.2 Å². The first-order valence-electron chi connectivity index (χ1n) is 7.12. The Balaban J connectivity index is 1.87. The van der Waals surface area contributed by atoms with Gasteiger partial charge in [-0.25, -0.2) is 0 Å². The number of ether oxygens (including phenoxy) is 1. The van der Waals surface area contributed by atoms with E-state index in [2.05, 4.69) is 27.7 Å². The highest BCUT2D eigenvalue weighted by atomic mass is 127. The van der Waals surface area contributed by atoms with Gasteiger partial charge in [0.2, 0.25) is 0 Å². The molecule has 1 aromatic carbocycles. The minimum absolute atomic E-state index is 0.0451. The smallest absolute Gasteiger partial charge is 0.309 e. The zero-order valence-electron chi connectivity index (χ0n) is 12.9. The summed E-state index contributed by atoms with van der Waals surface area (Å²) < 4.78 is 6.00. The Kier molecular flexibility index (Phi) is 5.31. The Morgan fingerprint density at radius 1 is 1.50 bits per heavy atom. The van der Waals surface area contributed by atoms with Crippen LogP contribution >= 0.6 is 22.6 Å². The number of carbonyl (C=O) groups excluding carboxylic acids is 1. The van der Waals surface area contributed by atoms with Crippen LogP contribution in [-0.4, -0.2) is 29.5 Å². The van der Waals surface area contributed by atoms with Crippen molar-refractivity contribution in [2.75, 3.05) is 6.61 Å². The molecule has 0 saturated carbocycles. The number of phenols is 1. The van der Waals surface area contributed by atoms with Crippen molar-refractivity contribution in [2.45, 2.75) is 39.7 Å². The Bertz CT molecular complexity index is 592. The van der Waals surface area contributed by atoms with E-state index < -0.39 is 0 Å². The fourth-order valence-corrected chi connectivity index (χ4v) is 2.45. The molecular weight excluding hydrogens is 397 g/mol. The molecule has 0 aromatic heterocycles. The summed E-state index contributed by atoms with van der Waals surface area (Å²) in [6, 6.07) is 5.27. The van der Waals surface area contributed by atoms with Crippen molar-refractivity contribution in [2.24, 2.45) is 10.6 Å². The van der Waals surface area contributed by atoms with Crippen molar-refractivity contribution in [3.8, 4) is 5.75 Å². The average molecular weight is 417 g/mol. The summed E-state index contributed by atoms with van der Waals surface area (Å²) in [5, 5.41) is 13.6. The van der Waals surface area contributed by atoms with Crippen molar-refractivity contribution < 1.29 is 19.5 Å². The monoisotopic (exact) mass is 417 g/mol. The van der Waals surface area contributed by atoms with E-state index in [1.54, 1.807) is 12.1 Å². The van der Waals surface area contributed by atoms with E-state index in [4.69, 9.17) is 9.57 Å². The number of halogens is 1. The molecule has 0 amide bonds. The minimum atomic E-state index is -0.283. The van der Waals surface area contributed by atoms with E-state index in [0.717, 1.165) is 14.8 Å². The molecule has 1 atom stereocenters. The van der Waals surface area contributed by atoms with Crippen LogP contribution in [0, 0.1) is 8.99 Å². The predicted molar refractivity (Wildman–Crippen MR) is 91.9 cm³/mol. The number of benzene rings is 1. The molecule has 120 valence electrons. The number of esters is 1. The Labute approximate surface area is 143 Å². The number of aromatic hydroxyl groups is 1. The molecule has 1 aromatic rings. The summed E-state index contributed by atoms with van der Waals surface area (Å²) in [6.07, 6.45) is 0.470. The summed E-state index contributed by atoms with van der Waals surface area (Å²) in [5.41, 5.74) is 1.63. The van der Waals surface area contributed by atoms with Gasteiger partial charge in [0.05, 0.1) is 22.3 Å². The van der Waals surface area contributed by atoms with Gasteiger partial charge in [-0.05, 0) is 46.2 Å². The summed E-state index contributed by atoms with van der Waals surface area (Å²) in [6.45, 7) is 6.43. The third-order valence-electron chi connectivity index (χ3n) is 3.07. The van der Waals surface area contributed by atoms with E-state index >= 15 is 0 Å². The van der Waals surface area contributed by atoms with Crippen LogP contribution in [0.4, 0.5) is 0 Å². The average Bonchev–Trinajstić information content (AvgIpc) is 2.87. The summed E-state index contributed by atoms with van der Waals surface area (Å²) in [5.74, 6) is -0.0252. The SMILES string of the molecule is CC(C)(C)COC(=O)CC1CC(c2ccc(O)c(I)c2)=NO1. The third kappa shape index (κ3) is 4.86. The maximum Gasteiger partial charge on any atom is 0.309 e. The second-order valence-corrected chi connectivity index (χ2v) is 7.72. The van der Waals surface area contributed by atoms with E-state index in [9.17, 15) is 9.90 Å².